The van der Waals surface area contributed by atoms with Crippen LogP contribution in [0.5, 0.6) is 0 Å². The largest absolute Gasteiger partial charge is 0.335 e. The first-order chi connectivity index (χ1) is 6.36. The van der Waals surface area contributed by atoms with E-state index in [0.29, 0.717) is 0 Å². The van der Waals surface area contributed by atoms with Crippen molar-refractivity contribution in [1.29, 1.82) is 0 Å². The van der Waals surface area contributed by atoms with E-state index in [1.165, 1.54) is 4.88 Å². The summed E-state index contributed by atoms with van der Waals surface area (Å²) in [5.41, 5.74) is 0. The molecule has 2 nitrogen and oxygen atoms in total. The van der Waals surface area contributed by atoms with Crippen molar-refractivity contribution < 1.29 is 0 Å². The van der Waals surface area contributed by atoms with Gasteiger partial charge < -0.3 is 4.57 Å². The maximum absolute atomic E-state index is 4.20. The van der Waals surface area contributed by atoms with Gasteiger partial charge in [-0.15, -0.1) is 11.3 Å². The molecule has 0 unspecified atom stereocenters. The molecule has 0 saturated heterocycles. The number of aryl methyl sites for hydroxylation is 1. The third kappa shape index (κ3) is 1.87. The lowest BCUT2D eigenvalue weighted by molar-refractivity contribution is 0.898. The van der Waals surface area contributed by atoms with Crippen LogP contribution in [0.1, 0.15) is 10.7 Å². The number of aromatic nitrogens is 2. The van der Waals surface area contributed by atoms with E-state index in [0.717, 1.165) is 5.82 Å². The molecule has 2 aromatic heterocycles. The second-order valence-corrected chi connectivity index (χ2v) is 3.72. The molecular formula is C10H10N2S. The first-order valence-corrected chi connectivity index (χ1v) is 4.93. The van der Waals surface area contributed by atoms with Crippen LogP contribution in [0.4, 0.5) is 0 Å². The monoisotopic (exact) mass is 190 g/mol. The lowest BCUT2D eigenvalue weighted by atomic mass is 10.4. The number of nitrogens with zero attached hydrogens (tertiary/aromatic N) is 2. The Morgan fingerprint density at radius 1 is 1.46 bits per heavy atom. The van der Waals surface area contributed by atoms with Gasteiger partial charge in [0.25, 0.3) is 0 Å². The molecular weight excluding hydrogens is 180 g/mol. The highest BCUT2D eigenvalue weighted by Crippen LogP contribution is 2.12. The van der Waals surface area contributed by atoms with Crippen LogP contribution in [-0.2, 0) is 7.05 Å². The SMILES string of the molecule is Cn1ccnc1C=Cc1cccs1. The lowest BCUT2D eigenvalue weighted by Gasteiger charge is -1.92. The quantitative estimate of drug-likeness (QED) is 0.712. The summed E-state index contributed by atoms with van der Waals surface area (Å²) in [5, 5.41) is 2.07. The van der Waals surface area contributed by atoms with E-state index in [4.69, 9.17) is 0 Å². The fourth-order valence-electron chi connectivity index (χ4n) is 1.08. The molecule has 0 aliphatic rings. The van der Waals surface area contributed by atoms with Crippen LogP contribution in [0.2, 0.25) is 0 Å². The van der Waals surface area contributed by atoms with Gasteiger partial charge in [0.1, 0.15) is 5.82 Å². The summed E-state index contributed by atoms with van der Waals surface area (Å²) in [6.07, 6.45) is 7.83. The summed E-state index contributed by atoms with van der Waals surface area (Å²) >= 11 is 1.73. The minimum Gasteiger partial charge on any atom is -0.335 e. The predicted octanol–water partition coefficient (Wildman–Crippen LogP) is 2.65. The molecule has 0 spiro atoms. The first-order valence-electron chi connectivity index (χ1n) is 4.05. The summed E-state index contributed by atoms with van der Waals surface area (Å²) in [6.45, 7) is 0. The fourth-order valence-corrected chi connectivity index (χ4v) is 1.70. The Labute approximate surface area is 81.2 Å². The van der Waals surface area contributed by atoms with E-state index in [9.17, 15) is 0 Å². The normalized spacial score (nSPS) is 11.2. The molecule has 0 aliphatic heterocycles. The van der Waals surface area contributed by atoms with Gasteiger partial charge in [-0.2, -0.15) is 0 Å². The molecule has 0 fully saturated rings. The molecule has 13 heavy (non-hydrogen) atoms. The van der Waals surface area contributed by atoms with E-state index in [1.54, 1.807) is 17.5 Å². The number of thiophene rings is 1. The van der Waals surface area contributed by atoms with Gasteiger partial charge >= 0.3 is 0 Å². The van der Waals surface area contributed by atoms with E-state index in [1.807, 2.05) is 30.0 Å². The number of rotatable bonds is 2. The van der Waals surface area contributed by atoms with Crippen LogP contribution in [0, 0.1) is 0 Å². The summed E-state index contributed by atoms with van der Waals surface area (Å²) in [5.74, 6) is 0.980. The maximum atomic E-state index is 4.20. The summed E-state index contributed by atoms with van der Waals surface area (Å²) < 4.78 is 1.99. The third-order valence-electron chi connectivity index (χ3n) is 1.80. The highest BCUT2D eigenvalue weighted by atomic mass is 32.1. The van der Waals surface area contributed by atoms with Crippen molar-refractivity contribution in [3.8, 4) is 0 Å². The lowest BCUT2D eigenvalue weighted by Crippen LogP contribution is -1.88. The molecule has 0 saturated carbocycles. The van der Waals surface area contributed by atoms with Gasteiger partial charge in [0.15, 0.2) is 0 Å². The highest BCUT2D eigenvalue weighted by Gasteiger charge is 1.92. The van der Waals surface area contributed by atoms with Gasteiger partial charge in [0.05, 0.1) is 0 Å². The molecule has 0 aliphatic carbocycles. The minimum atomic E-state index is 0.980. The summed E-state index contributed by atoms with van der Waals surface area (Å²) in [4.78, 5) is 5.45. The van der Waals surface area contributed by atoms with Crippen LogP contribution < -0.4 is 0 Å². The van der Waals surface area contributed by atoms with Crippen molar-refractivity contribution in [3.05, 3.63) is 40.6 Å². The highest BCUT2D eigenvalue weighted by molar-refractivity contribution is 7.10. The summed E-state index contributed by atoms with van der Waals surface area (Å²) in [6, 6.07) is 4.13. The van der Waals surface area contributed by atoms with Crippen molar-refractivity contribution >= 4 is 23.5 Å². The number of hydrogen-bond donors (Lipinski definition) is 0. The van der Waals surface area contributed by atoms with Crippen LogP contribution in [-0.4, -0.2) is 9.55 Å². The second kappa shape index (κ2) is 3.58. The van der Waals surface area contributed by atoms with Gasteiger partial charge in [-0.1, -0.05) is 6.07 Å². The molecule has 0 atom stereocenters. The predicted molar refractivity (Wildman–Crippen MR) is 56.5 cm³/mol. The molecule has 2 aromatic rings. The van der Waals surface area contributed by atoms with Crippen LogP contribution in [0.15, 0.2) is 29.9 Å². The standard InChI is InChI=1S/C10H10N2S/c1-12-7-6-11-10(12)5-4-9-3-2-8-13-9/h2-8H,1H3. The number of hydrogen-bond acceptors (Lipinski definition) is 2. The van der Waals surface area contributed by atoms with E-state index < -0.39 is 0 Å². The fraction of sp³-hybridized carbons (Fsp3) is 0.100. The Morgan fingerprint density at radius 2 is 2.38 bits per heavy atom. The van der Waals surface area contributed by atoms with E-state index in [2.05, 4.69) is 22.5 Å². The zero-order valence-corrected chi connectivity index (χ0v) is 8.16. The Hall–Kier alpha value is -1.35. The molecule has 0 amide bonds. The molecule has 66 valence electrons. The van der Waals surface area contributed by atoms with Gasteiger partial charge in [0, 0.05) is 24.3 Å². The van der Waals surface area contributed by atoms with Gasteiger partial charge in [0.2, 0.25) is 0 Å². The zero-order valence-electron chi connectivity index (χ0n) is 7.34. The molecule has 0 bridgehead atoms. The molecule has 0 N–H and O–H groups in total. The van der Waals surface area contributed by atoms with E-state index in [-0.39, 0.29) is 0 Å². The van der Waals surface area contributed by atoms with Gasteiger partial charge in [-0.25, -0.2) is 4.98 Å². The topological polar surface area (TPSA) is 17.8 Å². The first kappa shape index (κ1) is 8.26. The van der Waals surface area contributed by atoms with Crippen molar-refractivity contribution in [2.24, 2.45) is 7.05 Å². The van der Waals surface area contributed by atoms with E-state index >= 15 is 0 Å². The van der Waals surface area contributed by atoms with Crippen LogP contribution in [0.25, 0.3) is 12.2 Å². The van der Waals surface area contributed by atoms with Crippen LogP contribution >= 0.6 is 11.3 Å². The van der Waals surface area contributed by atoms with Gasteiger partial charge in [-0.3, -0.25) is 0 Å². The Morgan fingerprint density at radius 3 is 3.00 bits per heavy atom. The van der Waals surface area contributed by atoms with Crippen molar-refractivity contribution in [2.45, 2.75) is 0 Å². The second-order valence-electron chi connectivity index (χ2n) is 2.75. The van der Waals surface area contributed by atoms with Crippen LogP contribution in [0.3, 0.4) is 0 Å². The average Bonchev–Trinajstić information content (AvgIpc) is 2.72. The van der Waals surface area contributed by atoms with Crippen molar-refractivity contribution in [3.63, 3.8) is 0 Å². The molecule has 3 heteroatoms. The van der Waals surface area contributed by atoms with Gasteiger partial charge in [-0.05, 0) is 23.6 Å². The molecule has 0 radical (unpaired) electrons. The third-order valence-corrected chi connectivity index (χ3v) is 2.64. The number of imidazole rings is 1. The smallest absolute Gasteiger partial charge is 0.132 e. The molecule has 0 aromatic carbocycles. The van der Waals surface area contributed by atoms with Crippen molar-refractivity contribution in [1.82, 2.24) is 9.55 Å². The Balaban J connectivity index is 2.19. The average molecular weight is 190 g/mol. The minimum absolute atomic E-state index is 0.980. The van der Waals surface area contributed by atoms with Crippen molar-refractivity contribution in [2.75, 3.05) is 0 Å². The Bertz CT molecular complexity index is 398. The molecule has 2 rings (SSSR count). The zero-order chi connectivity index (χ0) is 9.10. The molecule has 2 heterocycles. The maximum Gasteiger partial charge on any atom is 0.132 e. The Kier molecular flexibility index (Phi) is 2.27. The summed E-state index contributed by atoms with van der Waals surface area (Å²) in [7, 11) is 1.99.